The van der Waals surface area contributed by atoms with Gasteiger partial charge in [0, 0.05) is 11.3 Å². The number of hydrogen-bond acceptors (Lipinski definition) is 3. The van der Waals surface area contributed by atoms with Crippen LogP contribution in [-0.2, 0) is 4.79 Å². The molecular weight excluding hydrogens is 328 g/mol. The molecule has 0 radical (unpaired) electrons. The molecule has 1 amide bonds. The van der Waals surface area contributed by atoms with Crippen molar-refractivity contribution in [2.24, 2.45) is 0 Å². The summed E-state index contributed by atoms with van der Waals surface area (Å²) in [5, 5.41) is 4.99. The Labute approximate surface area is 155 Å². The van der Waals surface area contributed by atoms with E-state index in [0.29, 0.717) is 13.2 Å². The molecule has 0 aliphatic heterocycles. The zero-order valence-electron chi connectivity index (χ0n) is 16.0. The van der Waals surface area contributed by atoms with Crippen LogP contribution in [0.15, 0.2) is 48.5 Å². The largest absolute Gasteiger partial charge is 0.490 e. The molecule has 0 heterocycles. The van der Waals surface area contributed by atoms with Crippen LogP contribution in [0.1, 0.15) is 39.3 Å². The number of para-hydroxylation sites is 1. The normalized spacial score (nSPS) is 12.9. The molecule has 26 heavy (non-hydrogen) atoms. The summed E-state index contributed by atoms with van der Waals surface area (Å²) < 4.78 is 11.3. The lowest BCUT2D eigenvalue weighted by molar-refractivity contribution is -0.709. The van der Waals surface area contributed by atoms with E-state index < -0.39 is 0 Å². The third-order valence-electron chi connectivity index (χ3n) is 4.13. The summed E-state index contributed by atoms with van der Waals surface area (Å²) >= 11 is 0. The number of nitrogens with two attached hydrogens (primary N) is 1. The predicted molar refractivity (Wildman–Crippen MR) is 104 cm³/mol. The van der Waals surface area contributed by atoms with E-state index in [0.717, 1.165) is 22.7 Å². The van der Waals surface area contributed by atoms with Gasteiger partial charge in [-0.15, -0.1) is 0 Å². The molecule has 2 aromatic rings. The second kappa shape index (κ2) is 9.82. The van der Waals surface area contributed by atoms with Crippen LogP contribution in [0.3, 0.4) is 0 Å². The molecule has 2 aromatic carbocycles. The van der Waals surface area contributed by atoms with Gasteiger partial charge in [-0.25, -0.2) is 0 Å². The molecule has 0 bridgehead atoms. The second-order valence-corrected chi connectivity index (χ2v) is 6.20. The molecule has 0 saturated carbocycles. The summed E-state index contributed by atoms with van der Waals surface area (Å²) in [4.78, 5) is 12.4. The standard InChI is InChI=1S/C21H28N2O3/c1-5-25-19-13-12-17(14-20(19)26-6-2)15(3)22-16(4)21(24)23-18-10-8-7-9-11-18/h7-16,22H,5-6H2,1-4H3,(H,23,24)/p+1/t15-,16-/m0/s1. The first kappa shape index (κ1) is 19.8. The predicted octanol–water partition coefficient (Wildman–Crippen LogP) is 3.14. The summed E-state index contributed by atoms with van der Waals surface area (Å²) in [6.07, 6.45) is 0. The van der Waals surface area contributed by atoms with Crippen molar-refractivity contribution in [2.45, 2.75) is 39.8 Å². The van der Waals surface area contributed by atoms with Gasteiger partial charge in [0.1, 0.15) is 6.04 Å². The van der Waals surface area contributed by atoms with E-state index in [4.69, 9.17) is 9.47 Å². The number of quaternary nitrogens is 1. The van der Waals surface area contributed by atoms with E-state index in [1.54, 1.807) is 0 Å². The molecule has 5 heteroatoms. The summed E-state index contributed by atoms with van der Waals surface area (Å²) in [5.41, 5.74) is 1.90. The van der Waals surface area contributed by atoms with Crippen molar-refractivity contribution in [1.29, 1.82) is 0 Å². The van der Waals surface area contributed by atoms with Crippen LogP contribution in [0.5, 0.6) is 11.5 Å². The number of anilines is 1. The van der Waals surface area contributed by atoms with E-state index >= 15 is 0 Å². The molecule has 140 valence electrons. The maximum atomic E-state index is 12.4. The lowest BCUT2D eigenvalue weighted by Crippen LogP contribution is -2.91. The highest BCUT2D eigenvalue weighted by molar-refractivity contribution is 5.93. The Balaban J connectivity index is 2.02. The van der Waals surface area contributed by atoms with Crippen molar-refractivity contribution in [1.82, 2.24) is 0 Å². The number of benzene rings is 2. The molecular formula is C21H29N2O3+. The highest BCUT2D eigenvalue weighted by atomic mass is 16.5. The Morgan fingerprint density at radius 1 is 1.00 bits per heavy atom. The first-order valence-corrected chi connectivity index (χ1v) is 9.15. The molecule has 0 saturated heterocycles. The minimum absolute atomic E-state index is 0.0148. The smallest absolute Gasteiger partial charge is 0.282 e. The lowest BCUT2D eigenvalue weighted by atomic mass is 10.1. The monoisotopic (exact) mass is 357 g/mol. The molecule has 0 fully saturated rings. The number of carbonyl (C=O) groups excluding carboxylic acids is 1. The Kier molecular flexibility index (Phi) is 7.48. The molecule has 0 aliphatic rings. The quantitative estimate of drug-likeness (QED) is 0.725. The highest BCUT2D eigenvalue weighted by Crippen LogP contribution is 2.30. The Bertz CT molecular complexity index is 704. The molecule has 2 atom stereocenters. The number of nitrogens with one attached hydrogen (secondary N) is 1. The summed E-state index contributed by atoms with van der Waals surface area (Å²) in [6, 6.07) is 15.4. The first-order chi connectivity index (χ1) is 12.5. The fourth-order valence-electron chi connectivity index (χ4n) is 2.76. The van der Waals surface area contributed by atoms with Gasteiger partial charge in [0.05, 0.1) is 13.2 Å². The van der Waals surface area contributed by atoms with Crippen molar-refractivity contribution < 1.29 is 19.6 Å². The van der Waals surface area contributed by atoms with Gasteiger partial charge in [-0.1, -0.05) is 18.2 Å². The zero-order valence-corrected chi connectivity index (χ0v) is 16.0. The van der Waals surface area contributed by atoms with Crippen LogP contribution in [0.2, 0.25) is 0 Å². The van der Waals surface area contributed by atoms with Gasteiger partial charge >= 0.3 is 0 Å². The zero-order chi connectivity index (χ0) is 18.9. The fourth-order valence-corrected chi connectivity index (χ4v) is 2.76. The molecule has 3 N–H and O–H groups in total. The van der Waals surface area contributed by atoms with E-state index in [1.807, 2.05) is 74.6 Å². The van der Waals surface area contributed by atoms with Crippen molar-refractivity contribution in [3.8, 4) is 11.5 Å². The Hall–Kier alpha value is -2.53. The average molecular weight is 357 g/mol. The van der Waals surface area contributed by atoms with Gasteiger partial charge in [0.2, 0.25) is 0 Å². The minimum atomic E-state index is -0.215. The Morgan fingerprint density at radius 3 is 2.31 bits per heavy atom. The van der Waals surface area contributed by atoms with Crippen LogP contribution in [0.4, 0.5) is 5.69 Å². The highest BCUT2D eigenvalue weighted by Gasteiger charge is 2.21. The lowest BCUT2D eigenvalue weighted by Gasteiger charge is -2.18. The average Bonchev–Trinajstić information content (AvgIpc) is 2.64. The van der Waals surface area contributed by atoms with Gasteiger partial charge in [-0.2, -0.15) is 0 Å². The molecule has 5 nitrogen and oxygen atoms in total. The number of hydrogen-bond donors (Lipinski definition) is 2. The van der Waals surface area contributed by atoms with Crippen LogP contribution < -0.4 is 20.1 Å². The molecule has 2 rings (SSSR count). The van der Waals surface area contributed by atoms with Gasteiger partial charge < -0.3 is 20.1 Å². The van der Waals surface area contributed by atoms with Crippen molar-refractivity contribution in [3.63, 3.8) is 0 Å². The van der Waals surface area contributed by atoms with Crippen LogP contribution in [0.25, 0.3) is 0 Å². The van der Waals surface area contributed by atoms with E-state index in [1.165, 1.54) is 0 Å². The van der Waals surface area contributed by atoms with Gasteiger partial charge in [-0.05, 0) is 58.0 Å². The van der Waals surface area contributed by atoms with Crippen molar-refractivity contribution >= 4 is 11.6 Å². The summed E-state index contributed by atoms with van der Waals surface area (Å²) in [5.74, 6) is 1.48. The third kappa shape index (κ3) is 5.49. The number of amides is 1. The number of carbonyl (C=O) groups is 1. The molecule has 0 spiro atoms. The number of rotatable bonds is 9. The topological polar surface area (TPSA) is 64.2 Å². The second-order valence-electron chi connectivity index (χ2n) is 6.20. The van der Waals surface area contributed by atoms with Crippen LogP contribution in [0, 0.1) is 0 Å². The van der Waals surface area contributed by atoms with Gasteiger partial charge in [-0.3, -0.25) is 4.79 Å². The van der Waals surface area contributed by atoms with Crippen molar-refractivity contribution in [2.75, 3.05) is 18.5 Å². The van der Waals surface area contributed by atoms with Gasteiger partial charge in [0.15, 0.2) is 17.5 Å². The summed E-state index contributed by atoms with van der Waals surface area (Å²) in [6.45, 7) is 9.07. The van der Waals surface area contributed by atoms with E-state index in [2.05, 4.69) is 12.2 Å². The molecule has 0 unspecified atom stereocenters. The maximum Gasteiger partial charge on any atom is 0.282 e. The fraction of sp³-hybridized carbons (Fsp3) is 0.381. The van der Waals surface area contributed by atoms with Gasteiger partial charge in [0.25, 0.3) is 5.91 Å². The van der Waals surface area contributed by atoms with E-state index in [9.17, 15) is 4.79 Å². The third-order valence-corrected chi connectivity index (χ3v) is 4.13. The van der Waals surface area contributed by atoms with E-state index in [-0.39, 0.29) is 18.0 Å². The minimum Gasteiger partial charge on any atom is -0.490 e. The molecule has 0 aliphatic carbocycles. The first-order valence-electron chi connectivity index (χ1n) is 9.15. The number of ether oxygens (including phenoxy) is 2. The Morgan fingerprint density at radius 2 is 1.65 bits per heavy atom. The SMILES string of the molecule is CCOc1ccc([C@H](C)[NH2+][C@@H](C)C(=O)Nc2ccccc2)cc1OCC. The van der Waals surface area contributed by atoms with Crippen LogP contribution >= 0.6 is 0 Å². The van der Waals surface area contributed by atoms with Crippen molar-refractivity contribution in [3.05, 3.63) is 54.1 Å². The maximum absolute atomic E-state index is 12.4. The summed E-state index contributed by atoms with van der Waals surface area (Å²) in [7, 11) is 0. The van der Waals surface area contributed by atoms with Crippen LogP contribution in [-0.4, -0.2) is 25.2 Å². The molecule has 0 aromatic heterocycles.